The molecule has 4 rings (SSSR count). The third-order valence-corrected chi connectivity index (χ3v) is 6.59. The van der Waals surface area contributed by atoms with Crippen molar-refractivity contribution in [3.63, 3.8) is 0 Å². The molecule has 0 aliphatic carbocycles. The van der Waals surface area contributed by atoms with Crippen LogP contribution in [0.25, 0.3) is 6.08 Å². The molecule has 0 aliphatic rings. The molecule has 0 saturated carbocycles. The minimum Gasteiger partial charge on any atom is -0.421 e. The van der Waals surface area contributed by atoms with Crippen LogP contribution in [0.2, 0.25) is 0 Å². The summed E-state index contributed by atoms with van der Waals surface area (Å²) in [5.41, 5.74) is 4.28. The van der Waals surface area contributed by atoms with E-state index in [1.807, 2.05) is 30.3 Å². The summed E-state index contributed by atoms with van der Waals surface area (Å²) in [6, 6.07) is 23.9. The number of anilines is 1. The predicted molar refractivity (Wildman–Crippen MR) is 166 cm³/mol. The predicted octanol–water partition coefficient (Wildman–Crippen LogP) is 6.75. The van der Waals surface area contributed by atoms with Crippen molar-refractivity contribution in [1.82, 2.24) is 5.43 Å². The molecule has 0 aliphatic heterocycles. The third kappa shape index (κ3) is 8.29. The lowest BCUT2D eigenvalue weighted by atomic mass is 10.1. The SMILES string of the molecule is O=C(/C=C/c1ccccc1)Oc1c(Br)cc(Br)cc1C=NNC(=O)c1cccc(NC(=O)c2ccc([N+](=O)[O-])cc2)c1. The van der Waals surface area contributed by atoms with Crippen molar-refractivity contribution in [3.8, 4) is 5.75 Å². The molecular weight excluding hydrogens is 672 g/mol. The average molecular weight is 692 g/mol. The first-order valence-electron chi connectivity index (χ1n) is 12.1. The van der Waals surface area contributed by atoms with Crippen molar-refractivity contribution in [2.45, 2.75) is 0 Å². The number of amides is 2. The number of hydrogen-bond acceptors (Lipinski definition) is 7. The van der Waals surface area contributed by atoms with Crippen molar-refractivity contribution in [3.05, 3.63) is 138 Å². The van der Waals surface area contributed by atoms with Gasteiger partial charge in [0.15, 0.2) is 5.75 Å². The average Bonchev–Trinajstić information content (AvgIpc) is 2.98. The summed E-state index contributed by atoms with van der Waals surface area (Å²) >= 11 is 6.78. The van der Waals surface area contributed by atoms with Gasteiger partial charge in [0.25, 0.3) is 17.5 Å². The van der Waals surface area contributed by atoms with Gasteiger partial charge in [-0.15, -0.1) is 0 Å². The van der Waals surface area contributed by atoms with E-state index in [2.05, 4.69) is 47.7 Å². The van der Waals surface area contributed by atoms with E-state index in [1.165, 1.54) is 48.7 Å². The van der Waals surface area contributed by atoms with E-state index in [0.29, 0.717) is 20.2 Å². The smallest absolute Gasteiger partial charge is 0.336 e. The fraction of sp³-hybridized carbons (Fsp3) is 0. The molecule has 2 amide bonds. The maximum absolute atomic E-state index is 12.7. The normalized spacial score (nSPS) is 10.9. The molecule has 10 nitrogen and oxygen atoms in total. The van der Waals surface area contributed by atoms with Crippen molar-refractivity contribution in [2.75, 3.05) is 5.32 Å². The number of carbonyl (C=O) groups is 3. The molecule has 4 aromatic carbocycles. The van der Waals surface area contributed by atoms with Crippen molar-refractivity contribution in [2.24, 2.45) is 5.10 Å². The van der Waals surface area contributed by atoms with Crippen molar-refractivity contribution >= 4 is 73.3 Å². The third-order valence-electron chi connectivity index (χ3n) is 5.54. The van der Waals surface area contributed by atoms with E-state index in [1.54, 1.807) is 30.3 Å². The Morgan fingerprint density at radius 1 is 0.857 bits per heavy atom. The van der Waals surface area contributed by atoms with Gasteiger partial charge >= 0.3 is 5.97 Å². The lowest BCUT2D eigenvalue weighted by Crippen LogP contribution is -2.18. The number of ether oxygens (including phenoxy) is 1. The van der Waals surface area contributed by atoms with Gasteiger partial charge in [-0.25, -0.2) is 10.2 Å². The minimum atomic E-state index is -0.604. The first-order valence-corrected chi connectivity index (χ1v) is 13.7. The molecule has 0 fully saturated rings. The molecule has 0 radical (unpaired) electrons. The van der Waals surface area contributed by atoms with Crippen molar-refractivity contribution in [1.29, 1.82) is 0 Å². The van der Waals surface area contributed by atoms with Gasteiger partial charge in [-0.05, 0) is 70.0 Å². The van der Waals surface area contributed by atoms with Crippen LogP contribution in [0.15, 0.2) is 111 Å². The lowest BCUT2D eigenvalue weighted by molar-refractivity contribution is -0.384. The van der Waals surface area contributed by atoms with Crippen LogP contribution in [0.5, 0.6) is 5.75 Å². The fourth-order valence-corrected chi connectivity index (χ4v) is 4.89. The Hall–Kier alpha value is -4.94. The van der Waals surface area contributed by atoms with E-state index in [-0.39, 0.29) is 22.6 Å². The van der Waals surface area contributed by atoms with Crippen molar-refractivity contribution < 1.29 is 24.0 Å². The fourth-order valence-electron chi connectivity index (χ4n) is 3.55. The zero-order chi connectivity index (χ0) is 30.1. The highest BCUT2D eigenvalue weighted by Gasteiger charge is 2.14. The van der Waals surface area contributed by atoms with Gasteiger partial charge in [-0.2, -0.15) is 5.10 Å². The Labute approximate surface area is 256 Å². The molecule has 2 N–H and O–H groups in total. The van der Waals surface area contributed by atoms with Gasteiger partial charge in [0, 0.05) is 45.1 Å². The molecule has 0 atom stereocenters. The number of nitrogens with zero attached hydrogens (tertiary/aromatic N) is 2. The standard InChI is InChI=1S/C30H20Br2N4O6/c31-23-15-22(28(26(32)17-23)42-27(37)14-9-19-5-2-1-3-6-19)18-33-35-30(39)21-7-4-8-24(16-21)34-29(38)20-10-12-25(13-11-20)36(40)41/h1-18H,(H,34,38)(H,35,39)/b14-9+,33-18?. The molecule has 12 heteroatoms. The number of hydrazone groups is 1. The van der Waals surface area contributed by atoms with Gasteiger partial charge in [-0.3, -0.25) is 19.7 Å². The zero-order valence-corrected chi connectivity index (χ0v) is 24.7. The Morgan fingerprint density at radius 2 is 1.60 bits per heavy atom. The second-order valence-electron chi connectivity index (χ2n) is 8.51. The van der Waals surface area contributed by atoms with Crippen LogP contribution in [-0.4, -0.2) is 28.9 Å². The number of nitro benzene ring substituents is 1. The molecule has 210 valence electrons. The van der Waals surface area contributed by atoms with Gasteiger partial charge < -0.3 is 10.1 Å². The van der Waals surface area contributed by atoms with Crippen LogP contribution in [0.4, 0.5) is 11.4 Å². The second kappa shape index (κ2) is 14.1. The van der Waals surface area contributed by atoms with E-state index in [0.717, 1.165) is 5.56 Å². The minimum absolute atomic E-state index is 0.133. The summed E-state index contributed by atoms with van der Waals surface area (Å²) < 4.78 is 6.70. The number of carbonyl (C=O) groups excluding carboxylic acids is 3. The van der Waals surface area contributed by atoms with Crippen LogP contribution in [-0.2, 0) is 4.79 Å². The lowest BCUT2D eigenvalue weighted by Gasteiger charge is -2.09. The summed E-state index contributed by atoms with van der Waals surface area (Å²) in [6.07, 6.45) is 4.27. The summed E-state index contributed by atoms with van der Waals surface area (Å²) in [5.74, 6) is -1.46. The highest BCUT2D eigenvalue weighted by Crippen LogP contribution is 2.32. The van der Waals surface area contributed by atoms with Gasteiger partial charge in [0.1, 0.15) is 0 Å². The molecule has 0 spiro atoms. The Balaban J connectivity index is 1.42. The van der Waals surface area contributed by atoms with Crippen LogP contribution < -0.4 is 15.5 Å². The van der Waals surface area contributed by atoms with Crippen LogP contribution >= 0.6 is 31.9 Å². The Kier molecular flexibility index (Phi) is 10.1. The number of benzene rings is 4. The maximum Gasteiger partial charge on any atom is 0.336 e. The van der Waals surface area contributed by atoms with Crippen LogP contribution in [0.1, 0.15) is 31.8 Å². The van der Waals surface area contributed by atoms with Crippen LogP contribution in [0, 0.1) is 10.1 Å². The number of hydrogen-bond donors (Lipinski definition) is 2. The number of rotatable bonds is 9. The molecule has 0 heterocycles. The van der Waals surface area contributed by atoms with E-state index in [4.69, 9.17) is 4.74 Å². The second-order valence-corrected chi connectivity index (χ2v) is 10.3. The number of non-ortho nitro benzene ring substituents is 1. The van der Waals surface area contributed by atoms with Gasteiger partial charge in [0.2, 0.25) is 0 Å². The topological polar surface area (TPSA) is 140 Å². The quantitative estimate of drug-likeness (QED) is 0.0497. The summed E-state index contributed by atoms with van der Waals surface area (Å²) in [7, 11) is 0. The summed E-state index contributed by atoms with van der Waals surface area (Å²) in [4.78, 5) is 48.0. The van der Waals surface area contributed by atoms with Crippen LogP contribution in [0.3, 0.4) is 0 Å². The molecule has 0 saturated heterocycles. The highest BCUT2D eigenvalue weighted by molar-refractivity contribution is 9.11. The molecule has 0 aromatic heterocycles. The molecule has 0 bridgehead atoms. The maximum atomic E-state index is 12.7. The van der Waals surface area contributed by atoms with E-state index < -0.39 is 22.7 Å². The molecule has 0 unspecified atom stereocenters. The number of nitrogens with one attached hydrogen (secondary N) is 2. The van der Waals surface area contributed by atoms with Gasteiger partial charge in [0.05, 0.1) is 15.6 Å². The Morgan fingerprint density at radius 3 is 2.31 bits per heavy atom. The first kappa shape index (κ1) is 30.0. The van der Waals surface area contributed by atoms with E-state index in [9.17, 15) is 24.5 Å². The summed E-state index contributed by atoms with van der Waals surface area (Å²) in [6.45, 7) is 0. The van der Waals surface area contributed by atoms with E-state index >= 15 is 0 Å². The largest absolute Gasteiger partial charge is 0.421 e. The van der Waals surface area contributed by atoms with Gasteiger partial charge in [-0.1, -0.05) is 52.3 Å². The number of nitro groups is 1. The highest BCUT2D eigenvalue weighted by atomic mass is 79.9. The molecular formula is C30H20Br2N4O6. The zero-order valence-electron chi connectivity index (χ0n) is 21.5. The number of esters is 1. The number of halogens is 2. The molecule has 4 aromatic rings. The first-order chi connectivity index (χ1) is 20.2. The Bertz CT molecular complexity index is 1710. The molecule has 42 heavy (non-hydrogen) atoms. The monoisotopic (exact) mass is 690 g/mol. The summed E-state index contributed by atoms with van der Waals surface area (Å²) in [5, 5.41) is 17.5.